The zero-order chi connectivity index (χ0) is 15.1. The average molecular weight is 288 g/mol. The monoisotopic (exact) mass is 288 g/mol. The number of benzene rings is 1. The first-order valence-electron chi connectivity index (χ1n) is 7.27. The van der Waals surface area contributed by atoms with Crippen molar-refractivity contribution in [3.05, 3.63) is 35.9 Å². The molecule has 1 aromatic carbocycles. The van der Waals surface area contributed by atoms with Crippen LogP contribution in [0.2, 0.25) is 18.1 Å². The summed E-state index contributed by atoms with van der Waals surface area (Å²) < 4.78 is 6.48. The molecule has 0 heterocycles. The van der Waals surface area contributed by atoms with E-state index in [1.807, 2.05) is 30.3 Å². The molecule has 1 unspecified atom stereocenters. The van der Waals surface area contributed by atoms with Gasteiger partial charge in [-0.3, -0.25) is 4.79 Å². The van der Waals surface area contributed by atoms with E-state index in [4.69, 9.17) is 10.8 Å². The molecule has 0 aliphatic carbocycles. The summed E-state index contributed by atoms with van der Waals surface area (Å²) in [5, 5.41) is 0. The van der Waals surface area contributed by atoms with E-state index in [2.05, 4.69) is 26.7 Å². The third kappa shape index (κ3) is 3.39. The van der Waals surface area contributed by atoms with Crippen molar-refractivity contribution >= 4 is 14.6 Å². The van der Waals surface area contributed by atoms with E-state index in [0.29, 0.717) is 0 Å². The van der Waals surface area contributed by atoms with Gasteiger partial charge in [-0.05, 0) is 23.7 Å². The highest BCUT2D eigenvalue weighted by molar-refractivity contribution is 6.73. The Morgan fingerprint density at radius 1 is 1.20 bits per heavy atom. The molecule has 0 amide bonds. The molecular formula is C17H24O2Si. The highest BCUT2D eigenvalue weighted by atomic mass is 28.4. The molecule has 0 aromatic heterocycles. The fraction of sp³-hybridized carbons (Fsp3) is 0.471. The van der Waals surface area contributed by atoms with Crippen molar-refractivity contribution in [3.8, 4) is 12.3 Å². The molecule has 108 valence electrons. The molecule has 0 spiro atoms. The van der Waals surface area contributed by atoms with Crippen LogP contribution in [0.25, 0.3) is 0 Å². The topological polar surface area (TPSA) is 26.3 Å². The summed E-state index contributed by atoms with van der Waals surface area (Å²) in [4.78, 5) is 11.8. The largest absolute Gasteiger partial charge is 0.400 e. The number of rotatable bonds is 8. The predicted octanol–water partition coefficient (Wildman–Crippen LogP) is 4.13. The van der Waals surface area contributed by atoms with Crippen molar-refractivity contribution in [2.75, 3.05) is 0 Å². The minimum Gasteiger partial charge on any atom is -0.400 e. The Bertz CT molecular complexity index is 451. The van der Waals surface area contributed by atoms with E-state index in [1.165, 1.54) is 0 Å². The highest BCUT2D eigenvalue weighted by Crippen LogP contribution is 2.35. The number of carbonyl (C=O) groups excluding carboxylic acids is 1. The molecule has 1 rings (SSSR count). The molecule has 0 fully saturated rings. The fourth-order valence-electron chi connectivity index (χ4n) is 2.56. The van der Waals surface area contributed by atoms with Crippen LogP contribution < -0.4 is 0 Å². The molecule has 1 aromatic rings. The van der Waals surface area contributed by atoms with E-state index >= 15 is 0 Å². The molecule has 0 N–H and O–H groups in total. The lowest BCUT2D eigenvalue weighted by molar-refractivity contribution is -0.122. The second-order valence-electron chi connectivity index (χ2n) is 5.10. The van der Waals surface area contributed by atoms with Gasteiger partial charge < -0.3 is 4.43 Å². The number of carbonyl (C=O) groups is 1. The van der Waals surface area contributed by atoms with E-state index in [9.17, 15) is 4.79 Å². The third-order valence-electron chi connectivity index (χ3n) is 4.15. The first-order valence-corrected chi connectivity index (χ1v) is 9.80. The molecule has 1 atom stereocenters. The Hall–Kier alpha value is -1.37. The van der Waals surface area contributed by atoms with Gasteiger partial charge in [0, 0.05) is 6.42 Å². The smallest absolute Gasteiger partial charge is 0.193 e. The van der Waals surface area contributed by atoms with Crippen LogP contribution in [0.1, 0.15) is 32.8 Å². The zero-order valence-corrected chi connectivity index (χ0v) is 13.7. The van der Waals surface area contributed by atoms with Crippen molar-refractivity contribution in [2.24, 2.45) is 0 Å². The first-order chi connectivity index (χ1) is 9.62. The van der Waals surface area contributed by atoms with Crippen LogP contribution in [0.3, 0.4) is 0 Å². The van der Waals surface area contributed by atoms with Gasteiger partial charge in [0.15, 0.2) is 14.6 Å². The van der Waals surface area contributed by atoms with Crippen molar-refractivity contribution in [1.82, 2.24) is 0 Å². The van der Waals surface area contributed by atoms with Gasteiger partial charge in [-0.25, -0.2) is 0 Å². The van der Waals surface area contributed by atoms with E-state index in [1.54, 1.807) is 0 Å². The second kappa shape index (κ2) is 7.42. The Morgan fingerprint density at radius 2 is 1.75 bits per heavy atom. The van der Waals surface area contributed by atoms with Crippen LogP contribution in [0.5, 0.6) is 0 Å². The lowest BCUT2D eigenvalue weighted by atomic mass is 9.92. The summed E-state index contributed by atoms with van der Waals surface area (Å²) in [7, 11) is -1.92. The van der Waals surface area contributed by atoms with Crippen LogP contribution in [-0.4, -0.2) is 14.6 Å². The van der Waals surface area contributed by atoms with Crippen LogP contribution >= 0.6 is 0 Å². The maximum absolute atomic E-state index is 11.8. The number of aldehydes is 1. The van der Waals surface area contributed by atoms with Gasteiger partial charge >= 0.3 is 0 Å². The van der Waals surface area contributed by atoms with E-state index < -0.39 is 13.9 Å². The minimum atomic E-state index is -1.92. The van der Waals surface area contributed by atoms with Crippen molar-refractivity contribution in [3.63, 3.8) is 0 Å². The summed E-state index contributed by atoms with van der Waals surface area (Å²) in [5.41, 5.74) is -0.121. The summed E-state index contributed by atoms with van der Waals surface area (Å²) in [6.07, 6.45) is 6.68. The quantitative estimate of drug-likeness (QED) is 0.408. The van der Waals surface area contributed by atoms with Gasteiger partial charge in [-0.1, -0.05) is 51.1 Å². The minimum absolute atomic E-state index is 0.287. The average Bonchev–Trinajstić information content (AvgIpc) is 2.53. The maximum Gasteiger partial charge on any atom is 0.193 e. The Labute approximate surface area is 123 Å². The Morgan fingerprint density at radius 3 is 2.15 bits per heavy atom. The second-order valence-corrected chi connectivity index (χ2v) is 9.79. The predicted molar refractivity (Wildman–Crippen MR) is 85.9 cm³/mol. The van der Waals surface area contributed by atoms with Crippen molar-refractivity contribution in [1.29, 1.82) is 0 Å². The SMILES string of the molecule is C#CCC(C=O)(O[Si](CC)(CC)CC)c1ccccc1. The van der Waals surface area contributed by atoms with Gasteiger partial charge in [0.1, 0.15) is 5.60 Å². The zero-order valence-electron chi connectivity index (χ0n) is 12.7. The number of terminal acetylenes is 1. The van der Waals surface area contributed by atoms with Crippen molar-refractivity contribution < 1.29 is 9.22 Å². The molecule has 0 saturated carbocycles. The summed E-state index contributed by atoms with van der Waals surface area (Å²) >= 11 is 0. The maximum atomic E-state index is 11.8. The fourth-order valence-corrected chi connectivity index (χ4v) is 5.50. The van der Waals surface area contributed by atoms with Crippen LogP contribution in [0.4, 0.5) is 0 Å². The Kier molecular flexibility index (Phi) is 6.19. The van der Waals surface area contributed by atoms with Gasteiger partial charge in [0.2, 0.25) is 0 Å². The highest BCUT2D eigenvalue weighted by Gasteiger charge is 2.41. The summed E-state index contributed by atoms with van der Waals surface area (Å²) in [6.45, 7) is 6.45. The third-order valence-corrected chi connectivity index (χ3v) is 8.81. The van der Waals surface area contributed by atoms with Crippen LogP contribution in [0, 0.1) is 12.3 Å². The van der Waals surface area contributed by atoms with E-state index in [0.717, 1.165) is 30.0 Å². The Balaban J connectivity index is 3.26. The molecule has 0 bridgehead atoms. The number of hydrogen-bond donors (Lipinski definition) is 0. The summed E-state index contributed by atoms with van der Waals surface area (Å²) in [5.74, 6) is 2.62. The van der Waals surface area contributed by atoms with Gasteiger partial charge in [-0.15, -0.1) is 12.3 Å². The molecular weight excluding hydrogens is 264 g/mol. The standard InChI is InChI=1S/C17H24O2Si/c1-5-14-17(15-18,16-12-10-9-11-13-16)19-20(6-2,7-3)8-4/h1,9-13,15H,6-8,14H2,2-4H3. The molecule has 0 saturated heterocycles. The van der Waals surface area contributed by atoms with E-state index in [-0.39, 0.29) is 6.42 Å². The van der Waals surface area contributed by atoms with Gasteiger partial charge in [0.25, 0.3) is 0 Å². The molecule has 3 heteroatoms. The summed E-state index contributed by atoms with van der Waals surface area (Å²) in [6, 6.07) is 12.6. The van der Waals surface area contributed by atoms with Crippen LogP contribution in [-0.2, 0) is 14.8 Å². The lowest BCUT2D eigenvalue weighted by Crippen LogP contribution is -2.46. The van der Waals surface area contributed by atoms with Crippen molar-refractivity contribution in [2.45, 2.75) is 50.9 Å². The molecule has 0 radical (unpaired) electrons. The molecule has 20 heavy (non-hydrogen) atoms. The first kappa shape index (κ1) is 16.7. The molecule has 0 aliphatic rings. The molecule has 2 nitrogen and oxygen atoms in total. The number of hydrogen-bond acceptors (Lipinski definition) is 2. The molecule has 0 aliphatic heterocycles. The van der Waals surface area contributed by atoms with Gasteiger partial charge in [-0.2, -0.15) is 0 Å². The normalized spacial score (nSPS) is 14.3. The van der Waals surface area contributed by atoms with Gasteiger partial charge in [0.05, 0.1) is 0 Å². The lowest BCUT2D eigenvalue weighted by Gasteiger charge is -2.38. The van der Waals surface area contributed by atoms with Crippen LogP contribution in [0.15, 0.2) is 30.3 Å².